The summed E-state index contributed by atoms with van der Waals surface area (Å²) in [5.41, 5.74) is 0.930. The van der Waals surface area contributed by atoms with Crippen molar-refractivity contribution < 1.29 is 0 Å². The summed E-state index contributed by atoms with van der Waals surface area (Å²) in [6.45, 7) is 0. The number of imidazole rings is 1. The van der Waals surface area contributed by atoms with Crippen LogP contribution in [0.5, 0.6) is 0 Å². The maximum absolute atomic E-state index is 4.25. The summed E-state index contributed by atoms with van der Waals surface area (Å²) in [4.78, 5) is 4.25. The van der Waals surface area contributed by atoms with Gasteiger partial charge in [0.2, 0.25) is 0 Å². The third-order valence-electron chi connectivity index (χ3n) is 1.41. The van der Waals surface area contributed by atoms with Gasteiger partial charge in [-0.2, -0.15) is 0 Å². The van der Waals surface area contributed by atoms with Crippen LogP contribution >= 0.6 is 31.9 Å². The number of pyridine rings is 1. The molecule has 0 saturated carbocycles. The Kier molecular flexibility index (Phi) is 1.73. The van der Waals surface area contributed by atoms with Gasteiger partial charge in [-0.15, -0.1) is 0 Å². The Morgan fingerprint density at radius 3 is 2.91 bits per heavy atom. The highest BCUT2D eigenvalue weighted by molar-refractivity contribution is 9.11. The van der Waals surface area contributed by atoms with E-state index in [1.165, 1.54) is 0 Å². The molecule has 0 fully saturated rings. The highest BCUT2D eigenvalue weighted by Gasteiger charge is 2.00. The maximum Gasteiger partial charge on any atom is 0.152 e. The predicted octanol–water partition coefficient (Wildman–Crippen LogP) is 2.86. The molecular formula is C7H4Br2N2. The van der Waals surface area contributed by atoms with Crippen molar-refractivity contribution in [1.29, 1.82) is 0 Å². The molecule has 0 N–H and O–H groups in total. The van der Waals surface area contributed by atoms with Gasteiger partial charge in [-0.05, 0) is 44.0 Å². The molecule has 0 aliphatic carbocycles. The minimum absolute atomic E-state index is 0.851. The van der Waals surface area contributed by atoms with E-state index in [-0.39, 0.29) is 0 Å². The molecule has 0 bridgehead atoms. The molecule has 0 radical (unpaired) electrons. The first-order valence-electron chi connectivity index (χ1n) is 3.06. The zero-order chi connectivity index (χ0) is 7.84. The minimum Gasteiger partial charge on any atom is -0.305 e. The van der Waals surface area contributed by atoms with E-state index < -0.39 is 0 Å². The molecule has 2 aromatic heterocycles. The SMILES string of the molecule is Brc1cn2cccc(Br)c2n1. The molecular weight excluding hydrogens is 272 g/mol. The van der Waals surface area contributed by atoms with Crippen LogP contribution in [0.1, 0.15) is 0 Å². The number of halogens is 2. The fourth-order valence-corrected chi connectivity index (χ4v) is 1.78. The molecule has 2 aromatic rings. The van der Waals surface area contributed by atoms with Crippen molar-refractivity contribution in [3.63, 3.8) is 0 Å². The van der Waals surface area contributed by atoms with Crippen LogP contribution < -0.4 is 0 Å². The second kappa shape index (κ2) is 2.60. The van der Waals surface area contributed by atoms with Crippen LogP contribution in [-0.2, 0) is 0 Å². The van der Waals surface area contributed by atoms with Crippen LogP contribution in [0.3, 0.4) is 0 Å². The van der Waals surface area contributed by atoms with Crippen molar-refractivity contribution in [2.45, 2.75) is 0 Å². The highest BCUT2D eigenvalue weighted by Crippen LogP contribution is 2.18. The van der Waals surface area contributed by atoms with Gasteiger partial charge in [0.25, 0.3) is 0 Å². The van der Waals surface area contributed by atoms with Gasteiger partial charge < -0.3 is 4.40 Å². The summed E-state index contributed by atoms with van der Waals surface area (Å²) in [5.74, 6) is 0. The lowest BCUT2D eigenvalue weighted by atomic mass is 10.5. The Morgan fingerprint density at radius 1 is 1.36 bits per heavy atom. The third-order valence-corrected chi connectivity index (χ3v) is 2.41. The van der Waals surface area contributed by atoms with Gasteiger partial charge in [0.05, 0.1) is 4.47 Å². The summed E-state index contributed by atoms with van der Waals surface area (Å²) < 4.78 is 3.81. The lowest BCUT2D eigenvalue weighted by Gasteiger charge is -1.92. The van der Waals surface area contributed by atoms with E-state index in [1.54, 1.807) is 0 Å². The number of hydrogen-bond donors (Lipinski definition) is 0. The molecule has 2 heterocycles. The van der Waals surface area contributed by atoms with E-state index in [4.69, 9.17) is 0 Å². The number of nitrogens with zero attached hydrogens (tertiary/aromatic N) is 2. The van der Waals surface area contributed by atoms with Gasteiger partial charge in [0.1, 0.15) is 4.60 Å². The van der Waals surface area contributed by atoms with Gasteiger partial charge >= 0.3 is 0 Å². The van der Waals surface area contributed by atoms with Crippen LogP contribution in [0.4, 0.5) is 0 Å². The van der Waals surface area contributed by atoms with E-state index in [0.29, 0.717) is 0 Å². The quantitative estimate of drug-likeness (QED) is 0.723. The summed E-state index contributed by atoms with van der Waals surface area (Å²) in [6, 6.07) is 3.93. The van der Waals surface area contributed by atoms with E-state index in [2.05, 4.69) is 36.8 Å². The standard InChI is InChI=1S/C7H4Br2N2/c8-5-2-1-3-11-4-6(9)10-7(5)11/h1-4H. The van der Waals surface area contributed by atoms with Crippen LogP contribution in [0.2, 0.25) is 0 Å². The van der Waals surface area contributed by atoms with Crippen LogP contribution in [0.25, 0.3) is 5.65 Å². The highest BCUT2D eigenvalue weighted by atomic mass is 79.9. The number of hydrogen-bond acceptors (Lipinski definition) is 1. The summed E-state index contributed by atoms with van der Waals surface area (Å²) in [7, 11) is 0. The minimum atomic E-state index is 0.851. The molecule has 2 rings (SSSR count). The van der Waals surface area contributed by atoms with Crippen molar-refractivity contribution in [3.8, 4) is 0 Å². The van der Waals surface area contributed by atoms with E-state index in [9.17, 15) is 0 Å². The van der Waals surface area contributed by atoms with Gasteiger partial charge in [-0.25, -0.2) is 4.98 Å². The third kappa shape index (κ3) is 1.20. The monoisotopic (exact) mass is 274 g/mol. The van der Waals surface area contributed by atoms with Crippen molar-refractivity contribution in [2.24, 2.45) is 0 Å². The van der Waals surface area contributed by atoms with Crippen molar-refractivity contribution in [1.82, 2.24) is 9.38 Å². The lowest BCUT2D eigenvalue weighted by Crippen LogP contribution is -1.80. The largest absolute Gasteiger partial charge is 0.305 e. The summed E-state index contributed by atoms with van der Waals surface area (Å²) >= 11 is 6.71. The first-order chi connectivity index (χ1) is 5.27. The Hall–Kier alpha value is -0.350. The first kappa shape index (κ1) is 7.31. The van der Waals surface area contributed by atoms with Gasteiger partial charge in [0, 0.05) is 12.4 Å². The maximum atomic E-state index is 4.25. The Balaban J connectivity index is 2.90. The smallest absolute Gasteiger partial charge is 0.152 e. The second-order valence-electron chi connectivity index (χ2n) is 2.15. The van der Waals surface area contributed by atoms with Crippen LogP contribution in [-0.4, -0.2) is 9.38 Å². The van der Waals surface area contributed by atoms with Crippen LogP contribution in [0, 0.1) is 0 Å². The molecule has 0 spiro atoms. The van der Waals surface area contributed by atoms with Crippen molar-refractivity contribution in [3.05, 3.63) is 33.6 Å². The average molecular weight is 276 g/mol. The molecule has 56 valence electrons. The molecule has 0 atom stereocenters. The lowest BCUT2D eigenvalue weighted by molar-refractivity contribution is 1.18. The molecule has 0 aromatic carbocycles. The van der Waals surface area contributed by atoms with E-state index in [0.717, 1.165) is 14.7 Å². The zero-order valence-electron chi connectivity index (χ0n) is 5.46. The first-order valence-corrected chi connectivity index (χ1v) is 4.65. The fraction of sp³-hybridized carbons (Fsp3) is 0. The molecule has 0 unspecified atom stereocenters. The van der Waals surface area contributed by atoms with E-state index in [1.807, 2.05) is 28.9 Å². The predicted molar refractivity (Wildman–Crippen MR) is 50.6 cm³/mol. The number of rotatable bonds is 0. The number of fused-ring (bicyclic) bond motifs is 1. The molecule has 0 aliphatic rings. The molecule has 0 amide bonds. The van der Waals surface area contributed by atoms with Crippen molar-refractivity contribution >= 4 is 37.5 Å². The Labute approximate surface area is 80.5 Å². The number of aromatic nitrogens is 2. The van der Waals surface area contributed by atoms with Gasteiger partial charge in [-0.3, -0.25) is 0 Å². The van der Waals surface area contributed by atoms with Crippen LogP contribution in [0.15, 0.2) is 33.6 Å². The topological polar surface area (TPSA) is 17.3 Å². The fourth-order valence-electron chi connectivity index (χ4n) is 0.949. The second-order valence-corrected chi connectivity index (χ2v) is 3.82. The summed E-state index contributed by atoms with van der Waals surface area (Å²) in [6.07, 6.45) is 3.87. The van der Waals surface area contributed by atoms with Gasteiger partial charge in [0.15, 0.2) is 5.65 Å². The molecule has 11 heavy (non-hydrogen) atoms. The zero-order valence-corrected chi connectivity index (χ0v) is 8.63. The van der Waals surface area contributed by atoms with E-state index >= 15 is 0 Å². The van der Waals surface area contributed by atoms with Crippen molar-refractivity contribution in [2.75, 3.05) is 0 Å². The Morgan fingerprint density at radius 2 is 2.18 bits per heavy atom. The molecule has 0 aliphatic heterocycles. The summed E-state index contributed by atoms with van der Waals surface area (Å²) in [5, 5.41) is 0. The normalized spacial score (nSPS) is 10.7. The van der Waals surface area contributed by atoms with Gasteiger partial charge in [-0.1, -0.05) is 0 Å². The molecule has 0 saturated heterocycles. The molecule has 4 heteroatoms. The Bertz CT molecular complexity index is 394. The average Bonchev–Trinajstić information content (AvgIpc) is 2.31. The molecule has 2 nitrogen and oxygen atoms in total.